The first-order chi connectivity index (χ1) is 9.32. The summed E-state index contributed by atoms with van der Waals surface area (Å²) in [6.07, 6.45) is 0. The summed E-state index contributed by atoms with van der Waals surface area (Å²) in [7, 11) is 1.40. The second kappa shape index (κ2) is 5.07. The normalized spacial score (nSPS) is 11.4. The first-order valence-corrected chi connectivity index (χ1v) is 6.27. The van der Waals surface area contributed by atoms with E-state index in [1.165, 1.54) is 19.2 Å². The molecule has 0 atom stereocenters. The average molecular weight is 276 g/mol. The number of rotatable bonds is 2. The minimum absolute atomic E-state index is 0.127. The minimum atomic E-state index is -0.520. The first-order valence-electron chi connectivity index (χ1n) is 6.27. The Hall–Kier alpha value is -2.17. The molecule has 106 valence electrons. The van der Waals surface area contributed by atoms with Gasteiger partial charge in [-0.1, -0.05) is 26.8 Å². The van der Waals surface area contributed by atoms with Crippen LogP contribution in [0.5, 0.6) is 5.75 Å². The molecule has 0 aliphatic rings. The van der Waals surface area contributed by atoms with E-state index in [1.807, 2.05) is 20.8 Å². The molecule has 0 saturated heterocycles. The summed E-state index contributed by atoms with van der Waals surface area (Å²) in [5.74, 6) is 0.122. The van der Waals surface area contributed by atoms with E-state index in [-0.39, 0.29) is 22.3 Å². The summed E-state index contributed by atoms with van der Waals surface area (Å²) in [5, 5.41) is 0. The number of hydrogen-bond acceptors (Lipinski definition) is 3. The summed E-state index contributed by atoms with van der Waals surface area (Å²) in [4.78, 5) is 18.8. The van der Waals surface area contributed by atoms with Crippen LogP contribution < -0.4 is 10.3 Å². The van der Waals surface area contributed by atoms with Crippen LogP contribution in [-0.2, 0) is 5.41 Å². The number of hydrogen-bond donors (Lipinski definition) is 1. The van der Waals surface area contributed by atoms with Crippen molar-refractivity contribution in [3.8, 4) is 17.0 Å². The molecule has 4 nitrogen and oxygen atoms in total. The molecule has 0 saturated carbocycles. The largest absolute Gasteiger partial charge is 0.494 e. The Labute approximate surface area is 116 Å². The Balaban J connectivity index is 2.65. The molecule has 0 bridgehead atoms. The van der Waals surface area contributed by atoms with Crippen molar-refractivity contribution < 1.29 is 9.13 Å². The number of benzene rings is 1. The Kier molecular flexibility index (Phi) is 3.61. The van der Waals surface area contributed by atoms with Gasteiger partial charge in [-0.2, -0.15) is 0 Å². The number of nitrogens with one attached hydrogen (secondary N) is 1. The van der Waals surface area contributed by atoms with E-state index in [0.717, 1.165) is 0 Å². The van der Waals surface area contributed by atoms with Crippen molar-refractivity contribution in [2.24, 2.45) is 0 Å². The first kappa shape index (κ1) is 14.2. The van der Waals surface area contributed by atoms with Crippen molar-refractivity contribution in [2.75, 3.05) is 7.11 Å². The molecule has 1 aromatic heterocycles. The number of nitrogens with zero attached hydrogens (tertiary/aromatic N) is 1. The van der Waals surface area contributed by atoms with E-state index in [4.69, 9.17) is 4.74 Å². The van der Waals surface area contributed by atoms with Gasteiger partial charge in [0.15, 0.2) is 11.6 Å². The molecule has 0 aliphatic carbocycles. The third-order valence-corrected chi connectivity index (χ3v) is 2.91. The molecular formula is C15H17FN2O2. The Morgan fingerprint density at radius 3 is 2.60 bits per heavy atom. The number of methoxy groups -OCH3 is 1. The third-order valence-electron chi connectivity index (χ3n) is 2.91. The maximum Gasteiger partial charge on any atom is 0.251 e. The van der Waals surface area contributed by atoms with Crippen LogP contribution in [0.1, 0.15) is 26.6 Å². The Morgan fingerprint density at radius 1 is 1.30 bits per heavy atom. The van der Waals surface area contributed by atoms with Gasteiger partial charge in [-0.15, -0.1) is 0 Å². The van der Waals surface area contributed by atoms with E-state index in [0.29, 0.717) is 11.5 Å². The highest BCUT2D eigenvalue weighted by molar-refractivity contribution is 5.62. The molecule has 1 aromatic carbocycles. The zero-order valence-corrected chi connectivity index (χ0v) is 12.0. The van der Waals surface area contributed by atoms with Crippen LogP contribution in [0.15, 0.2) is 29.1 Å². The highest BCUT2D eigenvalue weighted by atomic mass is 19.1. The lowest BCUT2D eigenvalue weighted by molar-refractivity contribution is 0.387. The van der Waals surface area contributed by atoms with Gasteiger partial charge >= 0.3 is 0 Å². The summed E-state index contributed by atoms with van der Waals surface area (Å²) < 4.78 is 19.2. The number of H-pyrrole nitrogens is 1. The zero-order valence-electron chi connectivity index (χ0n) is 12.0. The van der Waals surface area contributed by atoms with Crippen molar-refractivity contribution in [1.29, 1.82) is 0 Å². The van der Waals surface area contributed by atoms with E-state index < -0.39 is 5.82 Å². The van der Waals surface area contributed by atoms with Crippen molar-refractivity contribution in [3.05, 3.63) is 46.3 Å². The second-order valence-electron chi connectivity index (χ2n) is 5.55. The molecule has 5 heteroatoms. The molecule has 0 fully saturated rings. The van der Waals surface area contributed by atoms with E-state index in [9.17, 15) is 9.18 Å². The monoisotopic (exact) mass is 276 g/mol. The minimum Gasteiger partial charge on any atom is -0.494 e. The Bertz CT molecular complexity index is 687. The van der Waals surface area contributed by atoms with Gasteiger partial charge in [0.1, 0.15) is 5.82 Å². The van der Waals surface area contributed by atoms with Crippen LogP contribution in [0.4, 0.5) is 4.39 Å². The number of ether oxygens (including phenoxy) is 1. The molecule has 1 heterocycles. The van der Waals surface area contributed by atoms with Gasteiger partial charge in [0, 0.05) is 17.0 Å². The van der Waals surface area contributed by atoms with Crippen LogP contribution in [-0.4, -0.2) is 17.1 Å². The van der Waals surface area contributed by atoms with Crippen LogP contribution in [0.2, 0.25) is 0 Å². The summed E-state index contributed by atoms with van der Waals surface area (Å²) in [6.45, 7) is 5.78. The van der Waals surface area contributed by atoms with Gasteiger partial charge in [-0.3, -0.25) is 4.79 Å². The van der Waals surface area contributed by atoms with Crippen molar-refractivity contribution in [1.82, 2.24) is 9.97 Å². The number of aromatic nitrogens is 2. The zero-order chi connectivity index (χ0) is 14.9. The fraction of sp³-hybridized carbons (Fsp3) is 0.333. The van der Waals surface area contributed by atoms with Crippen molar-refractivity contribution >= 4 is 0 Å². The molecule has 2 rings (SSSR count). The highest BCUT2D eigenvalue weighted by Gasteiger charge is 2.19. The maximum atomic E-state index is 14.2. The lowest BCUT2D eigenvalue weighted by Gasteiger charge is -2.18. The fourth-order valence-electron chi connectivity index (χ4n) is 1.82. The standard InChI is InChI=1S/C15H17FN2O2/c1-15(2,3)14-17-10(8-12(19)18-14)9-6-5-7-11(20-4)13(9)16/h5-8H,1-4H3,(H,17,18,19). The lowest BCUT2D eigenvalue weighted by Crippen LogP contribution is -2.22. The maximum absolute atomic E-state index is 14.2. The van der Waals surface area contributed by atoms with Gasteiger partial charge in [-0.05, 0) is 12.1 Å². The van der Waals surface area contributed by atoms with Crippen LogP contribution >= 0.6 is 0 Å². The molecule has 0 unspecified atom stereocenters. The summed E-state index contributed by atoms with van der Waals surface area (Å²) in [5.41, 5.74) is -0.0806. The number of aromatic amines is 1. The van der Waals surface area contributed by atoms with E-state index in [2.05, 4.69) is 9.97 Å². The molecule has 20 heavy (non-hydrogen) atoms. The smallest absolute Gasteiger partial charge is 0.251 e. The van der Waals surface area contributed by atoms with Crippen LogP contribution in [0.3, 0.4) is 0 Å². The molecule has 0 aliphatic heterocycles. The predicted molar refractivity (Wildman–Crippen MR) is 75.5 cm³/mol. The Morgan fingerprint density at radius 2 is 2.00 bits per heavy atom. The van der Waals surface area contributed by atoms with E-state index >= 15 is 0 Å². The SMILES string of the molecule is COc1cccc(-c2cc(=O)[nH]c(C(C)(C)C)n2)c1F. The predicted octanol–water partition coefficient (Wildman–Crippen LogP) is 2.88. The van der Waals surface area contributed by atoms with Crippen LogP contribution in [0, 0.1) is 5.82 Å². The van der Waals surface area contributed by atoms with Gasteiger partial charge in [0.05, 0.1) is 12.8 Å². The molecule has 0 amide bonds. The quantitative estimate of drug-likeness (QED) is 0.917. The van der Waals surface area contributed by atoms with Crippen LogP contribution in [0.25, 0.3) is 11.3 Å². The molecule has 0 spiro atoms. The van der Waals surface area contributed by atoms with Gasteiger partial charge in [-0.25, -0.2) is 9.37 Å². The van der Waals surface area contributed by atoms with Gasteiger partial charge in [0.2, 0.25) is 0 Å². The molecular weight excluding hydrogens is 259 g/mol. The molecule has 0 radical (unpaired) electrons. The third kappa shape index (κ3) is 2.71. The van der Waals surface area contributed by atoms with Crippen molar-refractivity contribution in [3.63, 3.8) is 0 Å². The fourth-order valence-corrected chi connectivity index (χ4v) is 1.82. The van der Waals surface area contributed by atoms with Crippen molar-refractivity contribution in [2.45, 2.75) is 26.2 Å². The highest BCUT2D eigenvalue weighted by Crippen LogP contribution is 2.28. The average Bonchev–Trinajstić information content (AvgIpc) is 2.37. The second-order valence-corrected chi connectivity index (χ2v) is 5.55. The van der Waals surface area contributed by atoms with Gasteiger partial charge < -0.3 is 9.72 Å². The van der Waals surface area contributed by atoms with E-state index in [1.54, 1.807) is 12.1 Å². The summed E-state index contributed by atoms with van der Waals surface area (Å²) >= 11 is 0. The molecule has 1 N–H and O–H groups in total. The molecule has 2 aromatic rings. The number of halogens is 1. The lowest BCUT2D eigenvalue weighted by atomic mass is 9.95. The summed E-state index contributed by atoms with van der Waals surface area (Å²) in [6, 6.07) is 6.05. The van der Waals surface area contributed by atoms with Gasteiger partial charge in [0.25, 0.3) is 5.56 Å². The topological polar surface area (TPSA) is 55.0 Å².